The van der Waals surface area contributed by atoms with Crippen LogP contribution in [0.4, 0.5) is 0 Å². The topological polar surface area (TPSA) is 87.7 Å². The van der Waals surface area contributed by atoms with Gasteiger partial charge in [0.25, 0.3) is 5.91 Å². The molecule has 0 aliphatic carbocycles. The Morgan fingerprint density at radius 1 is 1.00 bits per heavy atom. The molecule has 1 aliphatic rings. The molecule has 0 N–H and O–H groups in total. The molecule has 1 aromatic heterocycles. The minimum absolute atomic E-state index is 0.0947. The van der Waals surface area contributed by atoms with Gasteiger partial charge in [-0.05, 0) is 31.2 Å². The lowest BCUT2D eigenvalue weighted by Crippen LogP contribution is -2.50. The molecule has 7 nitrogen and oxygen atoms in total. The summed E-state index contributed by atoms with van der Waals surface area (Å²) in [5.41, 5.74) is 0.842. The third-order valence-corrected chi connectivity index (χ3v) is 6.21. The van der Waals surface area contributed by atoms with Crippen LogP contribution < -0.4 is 0 Å². The standard InChI is InChI=1S/C18H19N3O4S/c1-14(22)15-4-2-6-17(12-15)26(24,25)21-10-8-20(9-11-21)18(23)16-5-3-7-19-13-16/h2-7,12-13H,8-11H2,1H3. The number of piperazine rings is 1. The molecule has 1 aliphatic heterocycles. The van der Waals surface area contributed by atoms with Gasteiger partial charge in [-0.2, -0.15) is 4.31 Å². The normalized spacial score (nSPS) is 15.7. The fourth-order valence-electron chi connectivity index (χ4n) is 2.83. The molecule has 2 aromatic rings. The maximum Gasteiger partial charge on any atom is 0.255 e. The van der Waals surface area contributed by atoms with Crippen LogP contribution in [-0.2, 0) is 10.0 Å². The SMILES string of the molecule is CC(=O)c1cccc(S(=O)(=O)N2CCN(C(=O)c3cccnc3)CC2)c1. The van der Waals surface area contributed by atoms with Crippen LogP contribution in [0.5, 0.6) is 0 Å². The number of aromatic nitrogens is 1. The number of Topliss-reactive ketones (excluding diaryl/α,β-unsaturated/α-hetero) is 1. The Labute approximate surface area is 152 Å². The van der Waals surface area contributed by atoms with Gasteiger partial charge in [-0.3, -0.25) is 14.6 Å². The molecule has 0 radical (unpaired) electrons. The molecule has 1 aromatic carbocycles. The van der Waals surface area contributed by atoms with E-state index in [9.17, 15) is 18.0 Å². The lowest BCUT2D eigenvalue weighted by atomic mass is 10.2. The van der Waals surface area contributed by atoms with Gasteiger partial charge < -0.3 is 4.90 Å². The van der Waals surface area contributed by atoms with Gasteiger partial charge >= 0.3 is 0 Å². The minimum atomic E-state index is -3.70. The number of carbonyl (C=O) groups is 2. The van der Waals surface area contributed by atoms with E-state index in [4.69, 9.17) is 0 Å². The summed E-state index contributed by atoms with van der Waals surface area (Å²) >= 11 is 0. The molecule has 136 valence electrons. The molecule has 1 amide bonds. The van der Waals surface area contributed by atoms with E-state index >= 15 is 0 Å². The molecular weight excluding hydrogens is 354 g/mol. The third-order valence-electron chi connectivity index (χ3n) is 4.31. The first-order valence-corrected chi connectivity index (χ1v) is 9.64. The smallest absolute Gasteiger partial charge is 0.255 e. The lowest BCUT2D eigenvalue weighted by molar-refractivity contribution is 0.0697. The Balaban J connectivity index is 1.72. The molecule has 1 saturated heterocycles. The van der Waals surface area contributed by atoms with Crippen molar-refractivity contribution < 1.29 is 18.0 Å². The molecule has 0 unspecified atom stereocenters. The highest BCUT2D eigenvalue weighted by atomic mass is 32.2. The van der Waals surface area contributed by atoms with E-state index in [0.29, 0.717) is 24.2 Å². The Kier molecular flexibility index (Phi) is 5.15. The predicted molar refractivity (Wildman–Crippen MR) is 95.3 cm³/mol. The Morgan fingerprint density at radius 2 is 1.69 bits per heavy atom. The van der Waals surface area contributed by atoms with E-state index in [2.05, 4.69) is 4.98 Å². The van der Waals surface area contributed by atoms with Crippen LogP contribution in [0.25, 0.3) is 0 Å². The fourth-order valence-corrected chi connectivity index (χ4v) is 4.30. The van der Waals surface area contributed by atoms with Crippen LogP contribution in [0.15, 0.2) is 53.7 Å². The van der Waals surface area contributed by atoms with Crippen molar-refractivity contribution in [2.45, 2.75) is 11.8 Å². The highest BCUT2D eigenvalue weighted by Crippen LogP contribution is 2.20. The van der Waals surface area contributed by atoms with Gasteiger partial charge in [0, 0.05) is 44.1 Å². The molecule has 26 heavy (non-hydrogen) atoms. The second-order valence-electron chi connectivity index (χ2n) is 6.02. The molecule has 1 fully saturated rings. The van der Waals surface area contributed by atoms with Crippen molar-refractivity contribution >= 4 is 21.7 Å². The number of hydrogen-bond donors (Lipinski definition) is 0. The van der Waals surface area contributed by atoms with Crippen LogP contribution in [0.3, 0.4) is 0 Å². The zero-order valence-electron chi connectivity index (χ0n) is 14.3. The van der Waals surface area contributed by atoms with Crippen LogP contribution in [-0.4, -0.2) is 60.5 Å². The van der Waals surface area contributed by atoms with E-state index in [-0.39, 0.29) is 29.7 Å². The summed E-state index contributed by atoms with van der Waals surface area (Å²) in [6.07, 6.45) is 3.09. The van der Waals surface area contributed by atoms with Crippen molar-refractivity contribution in [3.63, 3.8) is 0 Å². The summed E-state index contributed by atoms with van der Waals surface area (Å²) in [4.78, 5) is 29.6. The summed E-state index contributed by atoms with van der Waals surface area (Å²) in [6.45, 7) is 2.42. The van der Waals surface area contributed by atoms with Crippen molar-refractivity contribution in [3.05, 3.63) is 59.9 Å². The van der Waals surface area contributed by atoms with Crippen LogP contribution in [0.1, 0.15) is 27.6 Å². The van der Waals surface area contributed by atoms with Gasteiger partial charge in [0.2, 0.25) is 10.0 Å². The summed E-state index contributed by atoms with van der Waals surface area (Å²) in [5, 5.41) is 0. The van der Waals surface area contributed by atoms with Gasteiger partial charge in [-0.15, -0.1) is 0 Å². The monoisotopic (exact) mass is 373 g/mol. The third kappa shape index (κ3) is 3.66. The van der Waals surface area contributed by atoms with Crippen LogP contribution in [0, 0.1) is 0 Å². The Morgan fingerprint density at radius 3 is 2.31 bits per heavy atom. The zero-order valence-corrected chi connectivity index (χ0v) is 15.1. The van der Waals surface area contributed by atoms with Crippen LogP contribution >= 0.6 is 0 Å². The van der Waals surface area contributed by atoms with E-state index < -0.39 is 10.0 Å². The van der Waals surface area contributed by atoms with Crippen LogP contribution in [0.2, 0.25) is 0 Å². The highest BCUT2D eigenvalue weighted by molar-refractivity contribution is 7.89. The number of ketones is 1. The molecular formula is C18H19N3O4S. The molecule has 8 heteroatoms. The highest BCUT2D eigenvalue weighted by Gasteiger charge is 2.30. The van der Waals surface area contributed by atoms with Gasteiger partial charge in [0.1, 0.15) is 0 Å². The summed E-state index contributed by atoms with van der Waals surface area (Å²) in [6, 6.07) is 9.40. The minimum Gasteiger partial charge on any atom is -0.336 e. The average Bonchev–Trinajstić information content (AvgIpc) is 2.68. The molecule has 0 bridgehead atoms. The second kappa shape index (κ2) is 7.35. The first-order valence-electron chi connectivity index (χ1n) is 8.20. The van der Waals surface area contributed by atoms with Crippen molar-refractivity contribution in [1.82, 2.24) is 14.2 Å². The number of nitrogens with zero attached hydrogens (tertiary/aromatic N) is 3. The maximum absolute atomic E-state index is 12.8. The predicted octanol–water partition coefficient (Wildman–Crippen LogP) is 1.43. The summed E-state index contributed by atoms with van der Waals surface area (Å²) in [5.74, 6) is -0.345. The van der Waals surface area contributed by atoms with Crippen molar-refractivity contribution in [1.29, 1.82) is 0 Å². The summed E-state index contributed by atoms with van der Waals surface area (Å²) < 4.78 is 27.0. The average molecular weight is 373 g/mol. The number of hydrogen-bond acceptors (Lipinski definition) is 5. The van der Waals surface area contributed by atoms with E-state index in [1.54, 1.807) is 35.4 Å². The molecule has 2 heterocycles. The van der Waals surface area contributed by atoms with E-state index in [1.165, 1.54) is 29.6 Å². The van der Waals surface area contributed by atoms with E-state index in [1.807, 2.05) is 0 Å². The van der Waals surface area contributed by atoms with Gasteiger partial charge in [0.05, 0.1) is 10.5 Å². The Hall–Kier alpha value is -2.58. The zero-order chi connectivity index (χ0) is 18.7. The number of pyridine rings is 1. The molecule has 0 saturated carbocycles. The first-order chi connectivity index (χ1) is 12.4. The van der Waals surface area contributed by atoms with Gasteiger partial charge in [-0.25, -0.2) is 8.42 Å². The quantitative estimate of drug-likeness (QED) is 0.757. The molecule has 3 rings (SSSR count). The number of sulfonamides is 1. The van der Waals surface area contributed by atoms with Crippen molar-refractivity contribution in [2.75, 3.05) is 26.2 Å². The fraction of sp³-hybridized carbons (Fsp3) is 0.278. The Bertz CT molecular complexity index is 920. The number of carbonyl (C=O) groups excluding carboxylic acids is 2. The van der Waals surface area contributed by atoms with Gasteiger partial charge in [0.15, 0.2) is 5.78 Å². The number of amides is 1. The van der Waals surface area contributed by atoms with Crippen molar-refractivity contribution in [3.8, 4) is 0 Å². The number of rotatable bonds is 4. The molecule has 0 atom stereocenters. The maximum atomic E-state index is 12.8. The van der Waals surface area contributed by atoms with Gasteiger partial charge in [-0.1, -0.05) is 12.1 Å². The number of benzene rings is 1. The second-order valence-corrected chi connectivity index (χ2v) is 7.96. The lowest BCUT2D eigenvalue weighted by Gasteiger charge is -2.34. The first kappa shape index (κ1) is 18.2. The van der Waals surface area contributed by atoms with E-state index in [0.717, 1.165) is 0 Å². The molecule has 0 spiro atoms. The van der Waals surface area contributed by atoms with Crippen molar-refractivity contribution in [2.24, 2.45) is 0 Å². The summed E-state index contributed by atoms with van der Waals surface area (Å²) in [7, 11) is -3.70. The largest absolute Gasteiger partial charge is 0.336 e.